The van der Waals surface area contributed by atoms with E-state index in [9.17, 15) is 5.11 Å². The van der Waals surface area contributed by atoms with Crippen molar-refractivity contribution >= 4 is 0 Å². The quantitative estimate of drug-likeness (QED) is 0.767. The standard InChI is InChI=1S/C12H19N3O/c16-10-12-9-15(7-1-4-14-12)8-11-2-5-13-6-3-11/h2-3,5-6,12,14,16H,1,4,7-10H2. The van der Waals surface area contributed by atoms with Crippen molar-refractivity contribution in [2.75, 3.05) is 26.2 Å². The van der Waals surface area contributed by atoms with E-state index in [1.54, 1.807) is 0 Å². The summed E-state index contributed by atoms with van der Waals surface area (Å²) in [5, 5.41) is 12.5. The van der Waals surface area contributed by atoms with Crippen molar-refractivity contribution < 1.29 is 5.11 Å². The maximum Gasteiger partial charge on any atom is 0.0597 e. The smallest absolute Gasteiger partial charge is 0.0597 e. The molecule has 1 saturated heterocycles. The van der Waals surface area contributed by atoms with Crippen molar-refractivity contribution in [2.24, 2.45) is 0 Å². The molecule has 1 aromatic rings. The Labute approximate surface area is 96.3 Å². The van der Waals surface area contributed by atoms with Crippen LogP contribution in [-0.2, 0) is 6.54 Å². The zero-order valence-corrected chi connectivity index (χ0v) is 9.47. The maximum atomic E-state index is 9.20. The molecule has 2 heterocycles. The molecule has 1 aromatic heterocycles. The summed E-state index contributed by atoms with van der Waals surface area (Å²) in [5.41, 5.74) is 1.29. The van der Waals surface area contributed by atoms with Gasteiger partial charge in [-0.05, 0) is 37.2 Å². The highest BCUT2D eigenvalue weighted by atomic mass is 16.3. The highest BCUT2D eigenvalue weighted by Gasteiger charge is 2.16. The molecule has 0 radical (unpaired) electrons. The number of aliphatic hydroxyl groups is 1. The van der Waals surface area contributed by atoms with E-state index in [1.165, 1.54) is 5.56 Å². The van der Waals surface area contributed by atoms with Gasteiger partial charge in [-0.3, -0.25) is 9.88 Å². The van der Waals surface area contributed by atoms with Crippen molar-refractivity contribution in [3.05, 3.63) is 30.1 Å². The van der Waals surface area contributed by atoms with Gasteiger partial charge < -0.3 is 10.4 Å². The monoisotopic (exact) mass is 221 g/mol. The van der Waals surface area contributed by atoms with E-state index in [0.717, 1.165) is 32.6 Å². The fourth-order valence-electron chi connectivity index (χ4n) is 2.09. The highest BCUT2D eigenvalue weighted by Crippen LogP contribution is 2.07. The molecule has 2 N–H and O–H groups in total. The molecule has 0 aliphatic carbocycles. The first-order valence-corrected chi connectivity index (χ1v) is 5.84. The topological polar surface area (TPSA) is 48.4 Å². The highest BCUT2D eigenvalue weighted by molar-refractivity contribution is 5.09. The summed E-state index contributed by atoms with van der Waals surface area (Å²) >= 11 is 0. The molecule has 16 heavy (non-hydrogen) atoms. The van der Waals surface area contributed by atoms with E-state index in [-0.39, 0.29) is 12.6 Å². The summed E-state index contributed by atoms with van der Waals surface area (Å²) in [6.07, 6.45) is 4.80. The van der Waals surface area contributed by atoms with E-state index in [1.807, 2.05) is 24.5 Å². The Hall–Kier alpha value is -0.970. The fraction of sp³-hybridized carbons (Fsp3) is 0.583. The van der Waals surface area contributed by atoms with Crippen LogP contribution in [0, 0.1) is 0 Å². The van der Waals surface area contributed by atoms with Crippen molar-refractivity contribution in [1.82, 2.24) is 15.2 Å². The number of hydrogen-bond donors (Lipinski definition) is 2. The number of aliphatic hydroxyl groups excluding tert-OH is 1. The molecule has 2 rings (SSSR count). The maximum absolute atomic E-state index is 9.20. The van der Waals surface area contributed by atoms with E-state index in [4.69, 9.17) is 0 Å². The predicted octanol–water partition coefficient (Wildman–Crippen LogP) is 0.238. The molecule has 4 nitrogen and oxygen atoms in total. The third-order valence-electron chi connectivity index (χ3n) is 2.94. The molecule has 1 aliphatic heterocycles. The molecular weight excluding hydrogens is 202 g/mol. The minimum atomic E-state index is 0.212. The second-order valence-corrected chi connectivity index (χ2v) is 4.28. The van der Waals surface area contributed by atoms with Crippen LogP contribution in [-0.4, -0.2) is 47.3 Å². The van der Waals surface area contributed by atoms with Crippen LogP contribution in [0.2, 0.25) is 0 Å². The van der Waals surface area contributed by atoms with Crippen molar-refractivity contribution in [1.29, 1.82) is 0 Å². The van der Waals surface area contributed by atoms with Crippen LogP contribution in [0.3, 0.4) is 0 Å². The Morgan fingerprint density at radius 1 is 1.44 bits per heavy atom. The molecule has 1 fully saturated rings. The number of aromatic nitrogens is 1. The fourth-order valence-corrected chi connectivity index (χ4v) is 2.09. The number of pyridine rings is 1. The van der Waals surface area contributed by atoms with Gasteiger partial charge in [-0.2, -0.15) is 0 Å². The lowest BCUT2D eigenvalue weighted by atomic mass is 10.2. The lowest BCUT2D eigenvalue weighted by molar-refractivity contribution is 0.196. The normalized spacial score (nSPS) is 22.9. The lowest BCUT2D eigenvalue weighted by Crippen LogP contribution is -2.39. The van der Waals surface area contributed by atoms with Crippen molar-refractivity contribution in [3.8, 4) is 0 Å². The molecule has 4 heteroatoms. The van der Waals surface area contributed by atoms with Crippen molar-refractivity contribution in [3.63, 3.8) is 0 Å². The minimum Gasteiger partial charge on any atom is -0.395 e. The van der Waals surface area contributed by atoms with Gasteiger partial charge in [0.2, 0.25) is 0 Å². The van der Waals surface area contributed by atoms with Crippen LogP contribution >= 0.6 is 0 Å². The van der Waals surface area contributed by atoms with Crippen LogP contribution in [0.25, 0.3) is 0 Å². The second-order valence-electron chi connectivity index (χ2n) is 4.28. The van der Waals surface area contributed by atoms with E-state index < -0.39 is 0 Å². The van der Waals surface area contributed by atoms with E-state index in [2.05, 4.69) is 15.2 Å². The first-order valence-electron chi connectivity index (χ1n) is 5.84. The van der Waals surface area contributed by atoms with Gasteiger partial charge in [0.25, 0.3) is 0 Å². The second kappa shape index (κ2) is 5.94. The zero-order chi connectivity index (χ0) is 11.2. The number of nitrogens with zero attached hydrogens (tertiary/aromatic N) is 2. The largest absolute Gasteiger partial charge is 0.395 e. The van der Waals surface area contributed by atoms with Crippen LogP contribution < -0.4 is 5.32 Å². The van der Waals surface area contributed by atoms with Gasteiger partial charge in [-0.25, -0.2) is 0 Å². The summed E-state index contributed by atoms with van der Waals surface area (Å²) in [5.74, 6) is 0. The number of hydrogen-bond acceptors (Lipinski definition) is 4. The predicted molar refractivity (Wildman–Crippen MR) is 63.0 cm³/mol. The molecule has 0 saturated carbocycles. The Balaban J connectivity index is 1.93. The van der Waals surface area contributed by atoms with Gasteiger partial charge in [-0.1, -0.05) is 0 Å². The molecule has 1 atom stereocenters. The van der Waals surface area contributed by atoms with Gasteiger partial charge >= 0.3 is 0 Å². The van der Waals surface area contributed by atoms with E-state index >= 15 is 0 Å². The number of nitrogens with one attached hydrogen (secondary N) is 1. The Morgan fingerprint density at radius 3 is 3.00 bits per heavy atom. The summed E-state index contributed by atoms with van der Waals surface area (Å²) < 4.78 is 0. The van der Waals surface area contributed by atoms with Gasteiger partial charge in [-0.15, -0.1) is 0 Å². The third-order valence-corrected chi connectivity index (χ3v) is 2.94. The Morgan fingerprint density at radius 2 is 2.25 bits per heavy atom. The van der Waals surface area contributed by atoms with Gasteiger partial charge in [0, 0.05) is 31.5 Å². The number of rotatable bonds is 3. The molecule has 1 aliphatic rings. The van der Waals surface area contributed by atoms with Gasteiger partial charge in [0.05, 0.1) is 6.61 Å². The van der Waals surface area contributed by atoms with Gasteiger partial charge in [0.15, 0.2) is 0 Å². The first kappa shape index (κ1) is 11.5. The minimum absolute atomic E-state index is 0.212. The third kappa shape index (κ3) is 3.27. The van der Waals surface area contributed by atoms with Crippen molar-refractivity contribution in [2.45, 2.75) is 19.0 Å². The molecule has 0 amide bonds. The SMILES string of the molecule is OCC1CN(Cc2ccncc2)CCCN1. The Bertz CT molecular complexity index is 304. The molecule has 0 bridgehead atoms. The molecule has 88 valence electrons. The average Bonchev–Trinajstić information content (AvgIpc) is 2.55. The summed E-state index contributed by atoms with van der Waals surface area (Å²) in [6, 6.07) is 4.31. The van der Waals surface area contributed by atoms with E-state index in [0.29, 0.717) is 0 Å². The van der Waals surface area contributed by atoms with Crippen LogP contribution in [0.1, 0.15) is 12.0 Å². The zero-order valence-electron chi connectivity index (χ0n) is 9.47. The molecule has 1 unspecified atom stereocenters. The Kier molecular flexibility index (Phi) is 4.27. The van der Waals surface area contributed by atoms with Crippen LogP contribution in [0.5, 0.6) is 0 Å². The van der Waals surface area contributed by atoms with Gasteiger partial charge in [0.1, 0.15) is 0 Å². The summed E-state index contributed by atoms with van der Waals surface area (Å²) in [4.78, 5) is 6.40. The summed E-state index contributed by atoms with van der Waals surface area (Å²) in [7, 11) is 0. The lowest BCUT2D eigenvalue weighted by Gasteiger charge is -2.23. The molecular formula is C12H19N3O. The van der Waals surface area contributed by atoms with Crippen LogP contribution in [0.15, 0.2) is 24.5 Å². The first-order chi connectivity index (χ1) is 7.88. The van der Waals surface area contributed by atoms with Crippen LogP contribution in [0.4, 0.5) is 0 Å². The average molecular weight is 221 g/mol. The summed E-state index contributed by atoms with van der Waals surface area (Å²) in [6.45, 7) is 4.16. The molecule has 0 aromatic carbocycles. The molecule has 0 spiro atoms.